The highest BCUT2D eigenvalue weighted by molar-refractivity contribution is 7.09. The average Bonchev–Trinajstić information content (AvgIpc) is 3.00. The smallest absolute Gasteiger partial charge is 0.0836 e. The molecule has 1 spiro atoms. The van der Waals surface area contributed by atoms with Crippen LogP contribution in [0.4, 0.5) is 0 Å². The Hall–Kier alpha value is -0.420. The molecule has 2 aliphatic rings. The molecule has 0 aromatic carbocycles. The lowest BCUT2D eigenvalue weighted by molar-refractivity contribution is -0.0540. The van der Waals surface area contributed by atoms with E-state index in [1.807, 2.05) is 11.3 Å². The molecule has 0 amide bonds. The van der Waals surface area contributed by atoms with E-state index >= 15 is 0 Å². The maximum atomic E-state index is 6.07. The summed E-state index contributed by atoms with van der Waals surface area (Å²) in [7, 11) is 1.79. The number of nitrogens with zero attached hydrogens (tertiary/aromatic N) is 1. The summed E-state index contributed by atoms with van der Waals surface area (Å²) in [6.45, 7) is 4.09. The van der Waals surface area contributed by atoms with Crippen LogP contribution >= 0.6 is 11.3 Å². The first-order chi connectivity index (χ1) is 8.80. The molecular formula is C14H21NO2S. The number of hydrogen-bond donors (Lipinski definition) is 0. The first-order valence-electron chi connectivity index (χ1n) is 6.71. The predicted molar refractivity (Wildman–Crippen MR) is 72.9 cm³/mol. The highest BCUT2D eigenvalue weighted by atomic mass is 32.1. The molecule has 2 atom stereocenters. The summed E-state index contributed by atoms with van der Waals surface area (Å²) in [5.74, 6) is 0. The third-order valence-electron chi connectivity index (χ3n) is 4.09. The molecule has 4 heteroatoms. The molecule has 18 heavy (non-hydrogen) atoms. The molecule has 0 bridgehead atoms. The minimum absolute atomic E-state index is 0.0657. The van der Waals surface area contributed by atoms with Gasteiger partial charge in [0.15, 0.2) is 0 Å². The molecule has 0 saturated carbocycles. The molecule has 0 N–H and O–H groups in total. The fraction of sp³-hybridized carbons (Fsp3) is 0.714. The van der Waals surface area contributed by atoms with Crippen molar-refractivity contribution in [1.82, 2.24) is 4.90 Å². The number of hydrogen-bond acceptors (Lipinski definition) is 4. The van der Waals surface area contributed by atoms with Crippen LogP contribution in [-0.2, 0) is 16.0 Å². The Kier molecular flexibility index (Phi) is 3.71. The SMILES string of the molecule is CO[C@@H]1CO[C@@]2(CCCN(Cc3cccs3)C2)C1. The Labute approximate surface area is 113 Å². The monoisotopic (exact) mass is 267 g/mol. The zero-order valence-electron chi connectivity index (χ0n) is 10.9. The quantitative estimate of drug-likeness (QED) is 0.840. The number of rotatable bonds is 3. The topological polar surface area (TPSA) is 21.7 Å². The zero-order valence-corrected chi connectivity index (χ0v) is 11.7. The fourth-order valence-corrected chi connectivity index (χ4v) is 3.93. The van der Waals surface area contributed by atoms with Crippen LogP contribution < -0.4 is 0 Å². The minimum atomic E-state index is 0.0657. The second kappa shape index (κ2) is 5.29. The van der Waals surface area contributed by atoms with Crippen LogP contribution in [0.5, 0.6) is 0 Å². The summed E-state index contributed by atoms with van der Waals surface area (Å²) in [5.41, 5.74) is 0.0657. The third kappa shape index (κ3) is 2.62. The van der Waals surface area contributed by atoms with Crippen molar-refractivity contribution in [2.75, 3.05) is 26.8 Å². The van der Waals surface area contributed by atoms with Crippen LogP contribution in [0, 0.1) is 0 Å². The van der Waals surface area contributed by atoms with Crippen molar-refractivity contribution in [2.24, 2.45) is 0 Å². The van der Waals surface area contributed by atoms with Crippen molar-refractivity contribution in [1.29, 1.82) is 0 Å². The van der Waals surface area contributed by atoms with Gasteiger partial charge in [0.1, 0.15) is 0 Å². The van der Waals surface area contributed by atoms with Gasteiger partial charge in [-0.25, -0.2) is 0 Å². The lowest BCUT2D eigenvalue weighted by Gasteiger charge is -2.39. The van der Waals surface area contributed by atoms with Crippen molar-refractivity contribution in [3.63, 3.8) is 0 Å². The molecule has 2 saturated heterocycles. The van der Waals surface area contributed by atoms with Gasteiger partial charge < -0.3 is 9.47 Å². The average molecular weight is 267 g/mol. The van der Waals surface area contributed by atoms with Crippen molar-refractivity contribution in [2.45, 2.75) is 37.5 Å². The normalized spacial score (nSPS) is 33.3. The Balaban J connectivity index is 1.62. The highest BCUT2D eigenvalue weighted by Crippen LogP contribution is 2.36. The van der Waals surface area contributed by atoms with Crippen LogP contribution in [0.2, 0.25) is 0 Å². The van der Waals surface area contributed by atoms with E-state index in [9.17, 15) is 0 Å². The molecule has 3 nitrogen and oxygen atoms in total. The largest absolute Gasteiger partial charge is 0.379 e. The van der Waals surface area contributed by atoms with Crippen LogP contribution in [0.25, 0.3) is 0 Å². The summed E-state index contributed by atoms with van der Waals surface area (Å²) in [5, 5.41) is 2.15. The standard InChI is InChI=1S/C14H21NO2S/c1-16-12-8-14(17-10-12)5-3-6-15(11-14)9-13-4-2-7-18-13/h2,4,7,12H,3,5-6,8-11H2,1H3/t12-,14-/m0/s1. The van der Waals surface area contributed by atoms with Crippen LogP contribution in [0.3, 0.4) is 0 Å². The van der Waals surface area contributed by atoms with E-state index < -0.39 is 0 Å². The number of thiophene rings is 1. The van der Waals surface area contributed by atoms with Gasteiger partial charge in [0.2, 0.25) is 0 Å². The van der Waals surface area contributed by atoms with Gasteiger partial charge in [0, 0.05) is 31.5 Å². The van der Waals surface area contributed by atoms with E-state index in [-0.39, 0.29) is 5.60 Å². The lowest BCUT2D eigenvalue weighted by Crippen LogP contribution is -2.47. The van der Waals surface area contributed by atoms with E-state index in [4.69, 9.17) is 9.47 Å². The van der Waals surface area contributed by atoms with Crippen LogP contribution in [0.1, 0.15) is 24.1 Å². The molecule has 2 aliphatic heterocycles. The molecule has 0 radical (unpaired) electrons. The van der Waals surface area contributed by atoms with Crippen molar-refractivity contribution in [3.05, 3.63) is 22.4 Å². The summed E-state index contributed by atoms with van der Waals surface area (Å²) in [6.07, 6.45) is 3.78. The van der Waals surface area contributed by atoms with E-state index in [0.717, 1.165) is 26.1 Å². The first kappa shape index (κ1) is 12.6. The zero-order chi connectivity index (χ0) is 12.4. The van der Waals surface area contributed by atoms with Gasteiger partial charge in [-0.1, -0.05) is 6.07 Å². The maximum absolute atomic E-state index is 6.07. The van der Waals surface area contributed by atoms with E-state index in [1.165, 1.54) is 24.3 Å². The molecular weight excluding hydrogens is 246 g/mol. The van der Waals surface area contributed by atoms with E-state index in [0.29, 0.717) is 6.10 Å². The fourth-order valence-electron chi connectivity index (χ4n) is 3.19. The van der Waals surface area contributed by atoms with Gasteiger partial charge >= 0.3 is 0 Å². The van der Waals surface area contributed by atoms with E-state index in [2.05, 4.69) is 22.4 Å². The molecule has 3 rings (SSSR count). The Bertz CT molecular complexity index is 381. The van der Waals surface area contributed by atoms with Crippen molar-refractivity contribution >= 4 is 11.3 Å². The van der Waals surface area contributed by atoms with Gasteiger partial charge in [-0.3, -0.25) is 4.90 Å². The van der Waals surface area contributed by atoms with Gasteiger partial charge in [-0.15, -0.1) is 11.3 Å². The van der Waals surface area contributed by atoms with E-state index in [1.54, 1.807) is 7.11 Å². The predicted octanol–water partition coefficient (Wildman–Crippen LogP) is 2.52. The van der Waals surface area contributed by atoms with Crippen molar-refractivity contribution < 1.29 is 9.47 Å². The second-order valence-electron chi connectivity index (χ2n) is 5.45. The van der Waals surface area contributed by atoms with Crippen LogP contribution in [0.15, 0.2) is 17.5 Å². The maximum Gasteiger partial charge on any atom is 0.0836 e. The summed E-state index contributed by atoms with van der Waals surface area (Å²) in [6, 6.07) is 4.35. The summed E-state index contributed by atoms with van der Waals surface area (Å²) in [4.78, 5) is 3.99. The molecule has 3 heterocycles. The minimum Gasteiger partial charge on any atom is -0.379 e. The van der Waals surface area contributed by atoms with Crippen LogP contribution in [-0.4, -0.2) is 43.4 Å². The third-order valence-corrected chi connectivity index (χ3v) is 4.95. The number of likely N-dealkylation sites (tertiary alicyclic amines) is 1. The van der Waals surface area contributed by atoms with Crippen molar-refractivity contribution in [3.8, 4) is 0 Å². The van der Waals surface area contributed by atoms with Gasteiger partial charge in [-0.05, 0) is 30.8 Å². The Morgan fingerprint density at radius 1 is 1.61 bits per heavy atom. The first-order valence-corrected chi connectivity index (χ1v) is 7.59. The summed E-state index contributed by atoms with van der Waals surface area (Å²) < 4.78 is 11.5. The lowest BCUT2D eigenvalue weighted by atomic mass is 9.89. The Morgan fingerprint density at radius 3 is 3.28 bits per heavy atom. The molecule has 1 aromatic rings. The molecule has 0 unspecified atom stereocenters. The second-order valence-corrected chi connectivity index (χ2v) is 6.48. The van der Waals surface area contributed by atoms with Gasteiger partial charge in [0.25, 0.3) is 0 Å². The molecule has 1 aromatic heterocycles. The van der Waals surface area contributed by atoms with Gasteiger partial charge in [0.05, 0.1) is 18.3 Å². The number of ether oxygens (including phenoxy) is 2. The number of piperidine rings is 1. The molecule has 2 fully saturated rings. The Morgan fingerprint density at radius 2 is 2.56 bits per heavy atom. The molecule has 100 valence electrons. The molecule has 0 aliphatic carbocycles. The van der Waals surface area contributed by atoms with Gasteiger partial charge in [-0.2, -0.15) is 0 Å². The highest BCUT2D eigenvalue weighted by Gasteiger charge is 2.43. The summed E-state index contributed by atoms with van der Waals surface area (Å²) >= 11 is 1.85. The number of methoxy groups -OCH3 is 1.